The van der Waals surface area contributed by atoms with E-state index < -0.39 is 5.95 Å². The Hall–Kier alpha value is -2.21. The molecule has 1 aromatic heterocycles. The van der Waals surface area contributed by atoms with Crippen LogP contribution in [0.25, 0.3) is 0 Å². The minimum Gasteiger partial charge on any atom is -0.361 e. The molecule has 0 spiro atoms. The number of aldehydes is 1. The number of allylic oxidation sites excluding steroid dienone is 1. The quantitative estimate of drug-likeness (QED) is 0.624. The summed E-state index contributed by atoms with van der Waals surface area (Å²) < 4.78 is 18.3. The Morgan fingerprint density at radius 3 is 2.94 bits per heavy atom. The minimum atomic E-state index is -0.793. The number of methoxy groups -OCH3 is 1. The first-order chi connectivity index (χ1) is 8.72. The van der Waals surface area contributed by atoms with Gasteiger partial charge in [-0.05, 0) is 24.3 Å². The van der Waals surface area contributed by atoms with Crippen molar-refractivity contribution in [2.45, 2.75) is 6.23 Å². The lowest BCUT2D eigenvalue weighted by Gasteiger charge is -2.17. The van der Waals surface area contributed by atoms with E-state index >= 15 is 0 Å². The first kappa shape index (κ1) is 12.3. The van der Waals surface area contributed by atoms with Crippen LogP contribution < -0.4 is 10.6 Å². The number of hydrogen-bond donors (Lipinski definition) is 2. The summed E-state index contributed by atoms with van der Waals surface area (Å²) >= 11 is 0. The van der Waals surface area contributed by atoms with Crippen LogP contribution in [-0.2, 0) is 4.74 Å². The van der Waals surface area contributed by atoms with Gasteiger partial charge in [-0.25, -0.2) is 4.98 Å². The van der Waals surface area contributed by atoms with Crippen molar-refractivity contribution in [2.75, 3.05) is 12.4 Å². The highest BCUT2D eigenvalue weighted by Gasteiger charge is 2.08. The molecule has 0 aliphatic carbocycles. The molecule has 1 aromatic rings. The molecular formula is C12H12FN3O2. The van der Waals surface area contributed by atoms with E-state index in [-0.39, 0.29) is 11.8 Å². The molecule has 2 rings (SSSR count). The number of pyridine rings is 1. The summed E-state index contributed by atoms with van der Waals surface area (Å²) in [5, 5.41) is 5.87. The first-order valence-corrected chi connectivity index (χ1v) is 5.29. The molecule has 1 atom stereocenters. The van der Waals surface area contributed by atoms with Crippen molar-refractivity contribution < 1.29 is 13.9 Å². The monoisotopic (exact) mass is 249 g/mol. The van der Waals surface area contributed by atoms with Crippen LogP contribution in [0, 0.1) is 5.95 Å². The number of carbonyl (C=O) groups is 1. The predicted octanol–water partition coefficient (Wildman–Crippen LogP) is 1.42. The zero-order valence-electron chi connectivity index (χ0n) is 9.68. The van der Waals surface area contributed by atoms with Crippen LogP contribution >= 0.6 is 0 Å². The van der Waals surface area contributed by atoms with E-state index in [0.29, 0.717) is 17.8 Å². The Labute approximate surface area is 103 Å². The molecule has 5 nitrogen and oxygen atoms in total. The Morgan fingerprint density at radius 1 is 1.56 bits per heavy atom. The average molecular weight is 249 g/mol. The predicted molar refractivity (Wildman–Crippen MR) is 64.4 cm³/mol. The van der Waals surface area contributed by atoms with Gasteiger partial charge in [0.05, 0.1) is 11.3 Å². The van der Waals surface area contributed by atoms with Gasteiger partial charge in [-0.1, -0.05) is 0 Å². The molecule has 1 unspecified atom stereocenters. The highest BCUT2D eigenvalue weighted by molar-refractivity contribution is 5.75. The molecule has 6 heteroatoms. The molecule has 18 heavy (non-hydrogen) atoms. The summed E-state index contributed by atoms with van der Waals surface area (Å²) in [6.45, 7) is 0. The maximum absolute atomic E-state index is 13.3. The van der Waals surface area contributed by atoms with E-state index in [9.17, 15) is 9.18 Å². The second kappa shape index (κ2) is 5.42. The van der Waals surface area contributed by atoms with Gasteiger partial charge in [-0.2, -0.15) is 4.39 Å². The molecule has 2 N–H and O–H groups in total. The molecule has 0 bridgehead atoms. The average Bonchev–Trinajstić information content (AvgIpc) is 2.40. The summed E-state index contributed by atoms with van der Waals surface area (Å²) in [6, 6.07) is 2.90. The Bertz CT molecular complexity index is 514. The molecule has 0 radical (unpaired) electrons. The van der Waals surface area contributed by atoms with Crippen LogP contribution in [0.3, 0.4) is 0 Å². The number of nitrogens with one attached hydrogen (secondary N) is 2. The fourth-order valence-electron chi connectivity index (χ4n) is 1.44. The summed E-state index contributed by atoms with van der Waals surface area (Å²) in [5.74, 6) is -0.468. The maximum atomic E-state index is 13.3. The molecule has 2 heterocycles. The maximum Gasteiger partial charge on any atom is 0.225 e. The van der Waals surface area contributed by atoms with Gasteiger partial charge in [0.2, 0.25) is 5.95 Å². The number of rotatable bonds is 4. The molecule has 0 aromatic carbocycles. The van der Waals surface area contributed by atoms with E-state index in [1.54, 1.807) is 25.5 Å². The van der Waals surface area contributed by atoms with Gasteiger partial charge < -0.3 is 15.4 Å². The van der Waals surface area contributed by atoms with Crippen molar-refractivity contribution in [3.05, 3.63) is 47.7 Å². The van der Waals surface area contributed by atoms with Crippen molar-refractivity contribution in [3.63, 3.8) is 0 Å². The molecule has 94 valence electrons. The molecule has 0 saturated heterocycles. The number of nitrogens with zero attached hydrogens (tertiary/aromatic N) is 1. The number of hydrogen-bond acceptors (Lipinski definition) is 5. The lowest BCUT2D eigenvalue weighted by molar-refractivity contribution is 0.111. The van der Waals surface area contributed by atoms with Gasteiger partial charge in [0.25, 0.3) is 0 Å². The number of dihydropyridines is 1. The molecule has 0 saturated carbocycles. The molecule has 1 aliphatic heterocycles. The number of ether oxygens (including phenoxy) is 1. The van der Waals surface area contributed by atoms with Gasteiger partial charge in [0.1, 0.15) is 12.0 Å². The van der Waals surface area contributed by atoms with Crippen molar-refractivity contribution in [1.82, 2.24) is 10.3 Å². The van der Waals surface area contributed by atoms with Crippen LogP contribution in [0.4, 0.5) is 10.2 Å². The third-order valence-corrected chi connectivity index (χ3v) is 2.38. The second-order valence-electron chi connectivity index (χ2n) is 3.60. The number of carbonyl (C=O) groups excluding carboxylic acids is 1. The fraction of sp³-hybridized carbons (Fsp3) is 0.167. The summed E-state index contributed by atoms with van der Waals surface area (Å²) in [6.07, 6.45) is 5.55. The van der Waals surface area contributed by atoms with Crippen molar-refractivity contribution in [2.24, 2.45) is 0 Å². The van der Waals surface area contributed by atoms with E-state index in [1.807, 2.05) is 0 Å². The van der Waals surface area contributed by atoms with Gasteiger partial charge >= 0.3 is 0 Å². The second-order valence-corrected chi connectivity index (χ2v) is 3.60. The summed E-state index contributed by atoms with van der Waals surface area (Å²) in [4.78, 5) is 14.1. The van der Waals surface area contributed by atoms with Crippen LogP contribution in [0.2, 0.25) is 0 Å². The summed E-state index contributed by atoms with van der Waals surface area (Å²) in [7, 11) is 1.59. The topological polar surface area (TPSA) is 63.2 Å². The van der Waals surface area contributed by atoms with Gasteiger partial charge in [-0.3, -0.25) is 4.79 Å². The smallest absolute Gasteiger partial charge is 0.225 e. The molecular weight excluding hydrogens is 237 g/mol. The lowest BCUT2D eigenvalue weighted by atomic mass is 10.3. The van der Waals surface area contributed by atoms with Gasteiger partial charge in [-0.15, -0.1) is 0 Å². The van der Waals surface area contributed by atoms with E-state index in [1.165, 1.54) is 12.1 Å². The fourth-order valence-corrected chi connectivity index (χ4v) is 1.44. The number of halogens is 1. The Morgan fingerprint density at radius 2 is 2.39 bits per heavy atom. The SMILES string of the molecule is COC1C=CC(Nc2ccc(C=O)c(F)n2)=CN1. The van der Waals surface area contributed by atoms with Crippen LogP contribution in [0.5, 0.6) is 0 Å². The van der Waals surface area contributed by atoms with Crippen LogP contribution in [-0.4, -0.2) is 24.6 Å². The van der Waals surface area contributed by atoms with Crippen LogP contribution in [0.1, 0.15) is 10.4 Å². The zero-order valence-corrected chi connectivity index (χ0v) is 9.68. The van der Waals surface area contributed by atoms with E-state index in [0.717, 1.165) is 0 Å². The molecule has 1 aliphatic rings. The standard InChI is InChI=1S/C12H12FN3O2/c1-18-11-5-3-9(6-14-11)15-10-4-2-8(7-17)12(13)16-10/h2-7,11,14H,1H3,(H,15,16). The van der Waals surface area contributed by atoms with Crippen LogP contribution in [0.15, 0.2) is 36.2 Å². The molecule has 0 fully saturated rings. The highest BCUT2D eigenvalue weighted by atomic mass is 19.1. The number of aromatic nitrogens is 1. The zero-order chi connectivity index (χ0) is 13.0. The van der Waals surface area contributed by atoms with Gasteiger partial charge in [0.15, 0.2) is 6.29 Å². The van der Waals surface area contributed by atoms with Crippen molar-refractivity contribution in [3.8, 4) is 0 Å². The number of anilines is 1. The largest absolute Gasteiger partial charge is 0.361 e. The summed E-state index contributed by atoms with van der Waals surface area (Å²) in [5.41, 5.74) is 0.653. The molecule has 0 amide bonds. The highest BCUT2D eigenvalue weighted by Crippen LogP contribution is 2.12. The minimum absolute atomic E-state index is 0.0636. The normalized spacial score (nSPS) is 17.9. The first-order valence-electron chi connectivity index (χ1n) is 5.29. The Balaban J connectivity index is 2.07. The Kier molecular flexibility index (Phi) is 3.69. The van der Waals surface area contributed by atoms with E-state index in [4.69, 9.17) is 4.74 Å². The van der Waals surface area contributed by atoms with Gasteiger partial charge in [0, 0.05) is 13.3 Å². The van der Waals surface area contributed by atoms with Crippen molar-refractivity contribution in [1.29, 1.82) is 0 Å². The van der Waals surface area contributed by atoms with E-state index in [2.05, 4.69) is 15.6 Å². The van der Waals surface area contributed by atoms with Crippen molar-refractivity contribution >= 4 is 12.1 Å². The third kappa shape index (κ3) is 2.72. The lowest BCUT2D eigenvalue weighted by Crippen LogP contribution is -2.27. The third-order valence-electron chi connectivity index (χ3n) is 2.38.